The number of fused-ring (bicyclic) bond motifs is 1. The van der Waals surface area contributed by atoms with Gasteiger partial charge in [-0.3, -0.25) is 4.79 Å². The molecule has 0 fully saturated rings. The van der Waals surface area contributed by atoms with Gasteiger partial charge in [0.05, 0.1) is 23.0 Å². The number of para-hydroxylation sites is 1. The number of rotatable bonds is 3. The zero-order chi connectivity index (χ0) is 21.8. The fraction of sp³-hybridized carbons (Fsp3) is 0.0833. The lowest BCUT2D eigenvalue weighted by Crippen LogP contribution is -2.47. The molecule has 0 saturated heterocycles. The van der Waals surface area contributed by atoms with Gasteiger partial charge in [0.25, 0.3) is 5.91 Å². The van der Waals surface area contributed by atoms with Crippen molar-refractivity contribution < 1.29 is 9.59 Å². The summed E-state index contributed by atoms with van der Waals surface area (Å²) in [6, 6.07) is 25.0. The summed E-state index contributed by atoms with van der Waals surface area (Å²) in [6.07, 6.45) is -1.12. The largest absolute Gasteiger partial charge is 0.321 e. The first kappa shape index (κ1) is 19.9. The van der Waals surface area contributed by atoms with E-state index in [9.17, 15) is 9.59 Å². The molecule has 0 aliphatic carbocycles. The topological polar surface area (TPSA) is 97.6 Å². The molecule has 2 N–H and O–H groups in total. The maximum Gasteiger partial charge on any atom is 0.321 e. The lowest BCUT2D eigenvalue weighted by atomic mass is 10.0. The third-order valence-corrected chi connectivity index (χ3v) is 4.91. The molecule has 1 aliphatic heterocycles. The summed E-state index contributed by atoms with van der Waals surface area (Å²) in [4.78, 5) is 31.9. The van der Waals surface area contributed by atoms with E-state index < -0.39 is 12.2 Å². The van der Waals surface area contributed by atoms with E-state index >= 15 is 0 Å². The number of urea groups is 1. The summed E-state index contributed by atoms with van der Waals surface area (Å²) < 4.78 is 0. The number of benzodiazepines with no additional fused rings is 1. The van der Waals surface area contributed by atoms with Crippen molar-refractivity contribution in [3.05, 3.63) is 95.6 Å². The Bertz CT molecular complexity index is 1210. The van der Waals surface area contributed by atoms with Crippen LogP contribution in [0.5, 0.6) is 0 Å². The molecule has 1 heterocycles. The fourth-order valence-corrected chi connectivity index (χ4v) is 3.40. The molecule has 1 atom stereocenters. The Morgan fingerprint density at radius 3 is 2.55 bits per heavy atom. The molecule has 0 saturated carbocycles. The van der Waals surface area contributed by atoms with Crippen LogP contribution < -0.4 is 15.5 Å². The van der Waals surface area contributed by atoms with Gasteiger partial charge in [0, 0.05) is 23.9 Å². The van der Waals surface area contributed by atoms with E-state index in [1.54, 1.807) is 31.3 Å². The fourth-order valence-electron chi connectivity index (χ4n) is 3.40. The van der Waals surface area contributed by atoms with E-state index in [0.29, 0.717) is 22.6 Å². The molecule has 1 aliphatic rings. The Morgan fingerprint density at radius 2 is 1.77 bits per heavy atom. The molecule has 0 radical (unpaired) electrons. The number of amides is 3. The van der Waals surface area contributed by atoms with Crippen LogP contribution in [0.4, 0.5) is 16.2 Å². The molecule has 31 heavy (non-hydrogen) atoms. The summed E-state index contributed by atoms with van der Waals surface area (Å²) in [5.74, 6) is -0.362. The molecule has 0 bridgehead atoms. The SMILES string of the molecule is CN1C(=O)[C@@H](NC(=O)Nc2cccc(C#N)c2)N=C(c2ccccc2)c2ccccc21. The highest BCUT2D eigenvalue weighted by Crippen LogP contribution is 2.27. The minimum atomic E-state index is -1.12. The number of anilines is 2. The molecule has 4 rings (SSSR count). The van der Waals surface area contributed by atoms with Gasteiger partial charge < -0.3 is 15.5 Å². The standard InChI is InChI=1S/C24H19N5O2/c1-29-20-13-6-5-12-19(20)21(17-9-3-2-4-10-17)27-22(23(29)30)28-24(31)26-18-11-7-8-16(14-18)15-25/h2-14,22H,1H3,(H2,26,28,31)/t22-/m1/s1. The number of carbonyl (C=O) groups is 2. The Hall–Kier alpha value is -4.44. The predicted octanol–water partition coefficient (Wildman–Crippen LogP) is 3.52. The molecule has 3 aromatic rings. The Kier molecular flexibility index (Phi) is 5.45. The second-order valence-corrected chi connectivity index (χ2v) is 6.95. The number of aliphatic imine (C=N–C) groups is 1. The summed E-state index contributed by atoms with van der Waals surface area (Å²) in [5.41, 5.74) is 3.83. The number of likely N-dealkylation sites (N-methyl/N-ethyl adjacent to an activating group) is 1. The quantitative estimate of drug-likeness (QED) is 0.693. The second-order valence-electron chi connectivity index (χ2n) is 6.95. The van der Waals surface area contributed by atoms with Gasteiger partial charge in [-0.15, -0.1) is 0 Å². The van der Waals surface area contributed by atoms with Crippen molar-refractivity contribution in [2.75, 3.05) is 17.3 Å². The number of hydrogen-bond acceptors (Lipinski definition) is 4. The van der Waals surface area contributed by atoms with Crippen LogP contribution in [-0.4, -0.2) is 30.9 Å². The van der Waals surface area contributed by atoms with Crippen LogP contribution >= 0.6 is 0 Å². The summed E-state index contributed by atoms with van der Waals surface area (Å²) >= 11 is 0. The van der Waals surface area contributed by atoms with Gasteiger partial charge in [0.15, 0.2) is 0 Å². The zero-order valence-electron chi connectivity index (χ0n) is 16.7. The minimum absolute atomic E-state index is 0.362. The first-order valence-corrected chi connectivity index (χ1v) is 9.64. The van der Waals surface area contributed by atoms with Crippen molar-refractivity contribution in [2.45, 2.75) is 6.17 Å². The van der Waals surface area contributed by atoms with Gasteiger partial charge in [0.1, 0.15) is 0 Å². The molecule has 3 amide bonds. The van der Waals surface area contributed by atoms with Gasteiger partial charge >= 0.3 is 6.03 Å². The van der Waals surface area contributed by atoms with Crippen LogP contribution in [0.1, 0.15) is 16.7 Å². The molecular formula is C24H19N5O2. The maximum absolute atomic E-state index is 13.1. The summed E-state index contributed by atoms with van der Waals surface area (Å²) in [6.45, 7) is 0. The molecule has 0 spiro atoms. The molecular weight excluding hydrogens is 390 g/mol. The average Bonchev–Trinajstić information content (AvgIpc) is 2.90. The van der Waals surface area contributed by atoms with Crippen molar-refractivity contribution in [2.24, 2.45) is 4.99 Å². The molecule has 0 unspecified atom stereocenters. The van der Waals surface area contributed by atoms with Gasteiger partial charge in [-0.25, -0.2) is 9.79 Å². The lowest BCUT2D eigenvalue weighted by molar-refractivity contribution is -0.119. The van der Waals surface area contributed by atoms with Gasteiger partial charge in [-0.2, -0.15) is 5.26 Å². The average molecular weight is 409 g/mol. The maximum atomic E-state index is 13.1. The highest BCUT2D eigenvalue weighted by Gasteiger charge is 2.30. The van der Waals surface area contributed by atoms with Crippen molar-refractivity contribution >= 4 is 29.0 Å². The minimum Gasteiger partial charge on any atom is -0.311 e. The summed E-state index contributed by atoms with van der Waals surface area (Å²) in [5, 5.41) is 14.3. The van der Waals surface area contributed by atoms with Crippen molar-refractivity contribution in [3.8, 4) is 6.07 Å². The van der Waals surface area contributed by atoms with Gasteiger partial charge in [-0.05, 0) is 24.3 Å². The monoisotopic (exact) mass is 409 g/mol. The lowest BCUT2D eigenvalue weighted by Gasteiger charge is -2.21. The zero-order valence-corrected chi connectivity index (χ0v) is 16.7. The van der Waals surface area contributed by atoms with Crippen LogP contribution in [0.3, 0.4) is 0 Å². The number of nitrogens with zero attached hydrogens (tertiary/aromatic N) is 3. The van der Waals surface area contributed by atoms with Crippen molar-refractivity contribution in [3.63, 3.8) is 0 Å². The van der Waals surface area contributed by atoms with Crippen LogP contribution in [0.15, 0.2) is 83.9 Å². The number of nitrogens with one attached hydrogen (secondary N) is 2. The van der Waals surface area contributed by atoms with E-state index in [2.05, 4.69) is 15.6 Å². The van der Waals surface area contributed by atoms with Crippen LogP contribution in [0.25, 0.3) is 0 Å². The predicted molar refractivity (Wildman–Crippen MR) is 119 cm³/mol. The first-order valence-electron chi connectivity index (χ1n) is 9.64. The van der Waals surface area contributed by atoms with Gasteiger partial charge in [-0.1, -0.05) is 54.6 Å². The Balaban J connectivity index is 1.67. The van der Waals surface area contributed by atoms with E-state index in [0.717, 1.165) is 11.1 Å². The third-order valence-electron chi connectivity index (χ3n) is 4.91. The van der Waals surface area contributed by atoms with E-state index in [1.807, 2.05) is 60.7 Å². The van der Waals surface area contributed by atoms with E-state index in [-0.39, 0.29) is 5.91 Å². The molecule has 7 heteroatoms. The molecule has 0 aromatic heterocycles. The highest BCUT2D eigenvalue weighted by molar-refractivity contribution is 6.20. The van der Waals surface area contributed by atoms with Crippen LogP contribution in [0, 0.1) is 11.3 Å². The first-order chi connectivity index (χ1) is 15.1. The Labute approximate surface area is 179 Å². The van der Waals surface area contributed by atoms with Crippen molar-refractivity contribution in [1.82, 2.24) is 5.32 Å². The third kappa shape index (κ3) is 4.14. The van der Waals surface area contributed by atoms with Crippen LogP contribution in [0.2, 0.25) is 0 Å². The molecule has 152 valence electrons. The van der Waals surface area contributed by atoms with E-state index in [1.165, 1.54) is 4.90 Å². The normalized spacial score (nSPS) is 15.2. The summed E-state index contributed by atoms with van der Waals surface area (Å²) in [7, 11) is 1.66. The number of nitriles is 1. The van der Waals surface area contributed by atoms with Crippen molar-refractivity contribution in [1.29, 1.82) is 5.26 Å². The molecule has 3 aromatic carbocycles. The van der Waals surface area contributed by atoms with Crippen LogP contribution in [-0.2, 0) is 4.79 Å². The number of carbonyl (C=O) groups excluding carboxylic acids is 2. The van der Waals surface area contributed by atoms with Gasteiger partial charge in [0.2, 0.25) is 6.17 Å². The Morgan fingerprint density at radius 1 is 1.03 bits per heavy atom. The smallest absolute Gasteiger partial charge is 0.311 e. The molecule has 7 nitrogen and oxygen atoms in total. The number of hydrogen-bond donors (Lipinski definition) is 2. The van der Waals surface area contributed by atoms with E-state index in [4.69, 9.17) is 5.26 Å². The highest BCUT2D eigenvalue weighted by atomic mass is 16.2. The second kappa shape index (κ2) is 8.51. The number of benzene rings is 3.